The summed E-state index contributed by atoms with van der Waals surface area (Å²) in [5.41, 5.74) is 1.06. The maximum atomic E-state index is 12.9. The number of nitrogens with one attached hydrogen (secondary N) is 1. The number of carbonyl (C=O) groups is 1. The van der Waals surface area contributed by atoms with Crippen LogP contribution in [0.4, 0.5) is 0 Å². The van der Waals surface area contributed by atoms with Crippen molar-refractivity contribution < 1.29 is 9.53 Å². The molecule has 1 saturated heterocycles. The quantitative estimate of drug-likeness (QED) is 0.896. The van der Waals surface area contributed by atoms with Gasteiger partial charge >= 0.3 is 0 Å². The van der Waals surface area contributed by atoms with Crippen LogP contribution >= 0.6 is 11.3 Å². The molecule has 0 aliphatic carbocycles. The fourth-order valence-corrected chi connectivity index (χ4v) is 3.60. The van der Waals surface area contributed by atoms with Crippen molar-refractivity contribution in [3.63, 3.8) is 0 Å². The molecule has 2 aromatic rings. The maximum absolute atomic E-state index is 12.9. The zero-order valence-electron chi connectivity index (χ0n) is 13.3. The zero-order chi connectivity index (χ0) is 16.6. The number of nitrogens with zero attached hydrogens (tertiary/aromatic N) is 3. The molecule has 3 heterocycles. The molecule has 0 spiro atoms. The Bertz CT molecular complexity index is 798. The molecule has 0 saturated carbocycles. The van der Waals surface area contributed by atoms with E-state index in [0.717, 1.165) is 10.7 Å². The number of hydrogen-bond acceptors (Lipinski definition) is 6. The first kappa shape index (κ1) is 15.8. The van der Waals surface area contributed by atoms with Gasteiger partial charge in [0.15, 0.2) is 0 Å². The summed E-state index contributed by atoms with van der Waals surface area (Å²) in [5, 5.41) is 0.862. The first-order valence-electron chi connectivity index (χ1n) is 7.36. The number of carbonyl (C=O) groups excluding carboxylic acids is 1. The third-order valence-electron chi connectivity index (χ3n) is 3.71. The van der Waals surface area contributed by atoms with Crippen LogP contribution in [0, 0.1) is 20.8 Å². The van der Waals surface area contributed by atoms with Crippen LogP contribution in [0.15, 0.2) is 10.9 Å². The molecule has 0 unspecified atom stereocenters. The predicted octanol–water partition coefficient (Wildman–Crippen LogP) is 1.37. The van der Waals surface area contributed by atoms with Gasteiger partial charge in [-0.05, 0) is 20.8 Å². The van der Waals surface area contributed by atoms with Crippen LogP contribution in [0.2, 0.25) is 0 Å². The summed E-state index contributed by atoms with van der Waals surface area (Å²) in [6.45, 7) is 6.71. The van der Waals surface area contributed by atoms with Crippen molar-refractivity contribution >= 4 is 17.2 Å². The maximum Gasteiger partial charge on any atom is 0.266 e. The highest BCUT2D eigenvalue weighted by atomic mass is 32.1. The first-order chi connectivity index (χ1) is 11.0. The number of ether oxygens (including phenoxy) is 1. The van der Waals surface area contributed by atoms with Crippen molar-refractivity contribution in [1.29, 1.82) is 0 Å². The van der Waals surface area contributed by atoms with E-state index in [0.29, 0.717) is 36.2 Å². The van der Waals surface area contributed by atoms with E-state index in [1.165, 1.54) is 17.4 Å². The summed E-state index contributed by atoms with van der Waals surface area (Å²) < 4.78 is 5.51. The predicted molar refractivity (Wildman–Crippen MR) is 85.8 cm³/mol. The number of aryl methyl sites for hydroxylation is 3. The lowest BCUT2D eigenvalue weighted by molar-refractivity contribution is -0.00380. The molecule has 1 N–H and O–H groups in total. The molecule has 1 amide bonds. The monoisotopic (exact) mass is 334 g/mol. The van der Waals surface area contributed by atoms with E-state index in [1.807, 2.05) is 13.8 Å². The Morgan fingerprint density at radius 2 is 2.17 bits per heavy atom. The van der Waals surface area contributed by atoms with Gasteiger partial charge in [-0.3, -0.25) is 9.59 Å². The van der Waals surface area contributed by atoms with E-state index in [-0.39, 0.29) is 17.5 Å². The topological polar surface area (TPSA) is 88.2 Å². The molecule has 1 aliphatic rings. The van der Waals surface area contributed by atoms with Gasteiger partial charge in [-0.1, -0.05) is 0 Å². The van der Waals surface area contributed by atoms with Crippen LogP contribution in [0.3, 0.4) is 0 Å². The largest absolute Gasteiger partial charge is 0.377 e. The third-order valence-corrected chi connectivity index (χ3v) is 4.77. The van der Waals surface area contributed by atoms with Crippen LogP contribution < -0.4 is 5.56 Å². The SMILES string of the molecule is Cc1nc([C@@H]2COCCN2C(=O)c2sc(C)nc2C)cc(=O)[nH]1. The number of H-pyrrole nitrogens is 1. The van der Waals surface area contributed by atoms with Crippen LogP contribution in [-0.2, 0) is 4.74 Å². The highest BCUT2D eigenvalue weighted by molar-refractivity contribution is 7.13. The minimum atomic E-state index is -0.362. The highest BCUT2D eigenvalue weighted by Gasteiger charge is 2.32. The Hall–Kier alpha value is -2.06. The number of thiazole rings is 1. The van der Waals surface area contributed by atoms with Gasteiger partial charge in [0.25, 0.3) is 11.5 Å². The van der Waals surface area contributed by atoms with E-state index in [4.69, 9.17) is 4.74 Å². The normalized spacial score (nSPS) is 18.2. The summed E-state index contributed by atoms with van der Waals surface area (Å²) in [6.07, 6.45) is 0. The van der Waals surface area contributed by atoms with E-state index < -0.39 is 0 Å². The number of rotatable bonds is 2. The van der Waals surface area contributed by atoms with Crippen LogP contribution in [0.5, 0.6) is 0 Å². The van der Waals surface area contributed by atoms with Gasteiger partial charge in [-0.25, -0.2) is 9.97 Å². The third kappa shape index (κ3) is 3.18. The minimum Gasteiger partial charge on any atom is -0.377 e. The average molecular weight is 334 g/mol. The molecule has 2 aromatic heterocycles. The van der Waals surface area contributed by atoms with Gasteiger partial charge in [0, 0.05) is 12.6 Å². The van der Waals surface area contributed by atoms with Gasteiger partial charge in [-0.15, -0.1) is 11.3 Å². The van der Waals surface area contributed by atoms with Gasteiger partial charge in [-0.2, -0.15) is 0 Å². The Morgan fingerprint density at radius 1 is 1.39 bits per heavy atom. The smallest absolute Gasteiger partial charge is 0.266 e. The molecule has 3 rings (SSSR count). The molecule has 23 heavy (non-hydrogen) atoms. The Balaban J connectivity index is 1.97. The van der Waals surface area contributed by atoms with Gasteiger partial charge in [0.05, 0.1) is 35.7 Å². The van der Waals surface area contributed by atoms with Gasteiger partial charge in [0.1, 0.15) is 10.7 Å². The summed E-state index contributed by atoms with van der Waals surface area (Å²) in [7, 11) is 0. The summed E-state index contributed by atoms with van der Waals surface area (Å²) in [4.78, 5) is 38.3. The summed E-state index contributed by atoms with van der Waals surface area (Å²) in [6, 6.07) is 1.07. The van der Waals surface area contributed by atoms with Gasteiger partial charge < -0.3 is 14.6 Å². The number of amides is 1. The van der Waals surface area contributed by atoms with Crippen molar-refractivity contribution in [2.75, 3.05) is 19.8 Å². The van der Waals surface area contributed by atoms with Crippen molar-refractivity contribution in [3.8, 4) is 0 Å². The second-order valence-electron chi connectivity index (χ2n) is 5.49. The second-order valence-corrected chi connectivity index (χ2v) is 6.70. The van der Waals surface area contributed by atoms with E-state index >= 15 is 0 Å². The standard InChI is InChI=1S/C15H18N4O3S/c1-8-14(23-10(3)16-8)15(21)19-4-5-22-7-12(19)11-6-13(20)18-9(2)17-11/h6,12H,4-5,7H2,1-3H3,(H,17,18,20)/t12-/m0/s1. The van der Waals surface area contributed by atoms with Crippen molar-refractivity contribution in [3.05, 3.63) is 43.5 Å². The average Bonchev–Trinajstić information content (AvgIpc) is 2.84. The van der Waals surface area contributed by atoms with E-state index in [9.17, 15) is 9.59 Å². The minimum absolute atomic E-state index is 0.0823. The molecular formula is C15H18N4O3S. The molecule has 1 aliphatic heterocycles. The molecule has 1 fully saturated rings. The molecule has 8 heteroatoms. The van der Waals surface area contributed by atoms with Crippen LogP contribution in [0.1, 0.15) is 37.9 Å². The lowest BCUT2D eigenvalue weighted by atomic mass is 10.1. The van der Waals surface area contributed by atoms with Crippen molar-refractivity contribution in [2.45, 2.75) is 26.8 Å². The lowest BCUT2D eigenvalue weighted by Gasteiger charge is -2.35. The molecule has 0 radical (unpaired) electrons. The number of aromatic amines is 1. The molecule has 7 nitrogen and oxygen atoms in total. The summed E-state index contributed by atoms with van der Waals surface area (Å²) in [5.74, 6) is 0.441. The number of hydrogen-bond donors (Lipinski definition) is 1. The van der Waals surface area contributed by atoms with Crippen molar-refractivity contribution in [1.82, 2.24) is 19.9 Å². The fourth-order valence-electron chi connectivity index (χ4n) is 2.73. The zero-order valence-corrected chi connectivity index (χ0v) is 14.1. The molecule has 0 bridgehead atoms. The van der Waals surface area contributed by atoms with Gasteiger partial charge in [0.2, 0.25) is 0 Å². The number of morpholine rings is 1. The van der Waals surface area contributed by atoms with Crippen LogP contribution in [-0.4, -0.2) is 45.5 Å². The highest BCUT2D eigenvalue weighted by Crippen LogP contribution is 2.27. The lowest BCUT2D eigenvalue weighted by Crippen LogP contribution is -2.44. The Kier molecular flexibility index (Phi) is 4.27. The van der Waals surface area contributed by atoms with E-state index in [2.05, 4.69) is 15.0 Å². The molecule has 1 atom stereocenters. The summed E-state index contributed by atoms with van der Waals surface area (Å²) >= 11 is 1.39. The first-order valence-corrected chi connectivity index (χ1v) is 8.18. The second kappa shape index (κ2) is 6.21. The fraction of sp³-hybridized carbons (Fsp3) is 0.467. The molecule has 122 valence electrons. The Labute approximate surface area is 137 Å². The number of aromatic nitrogens is 3. The van der Waals surface area contributed by atoms with Crippen LogP contribution in [0.25, 0.3) is 0 Å². The molecule has 0 aromatic carbocycles. The van der Waals surface area contributed by atoms with E-state index in [1.54, 1.807) is 11.8 Å². The Morgan fingerprint density at radius 3 is 2.83 bits per heavy atom. The van der Waals surface area contributed by atoms with Crippen molar-refractivity contribution in [2.24, 2.45) is 0 Å². The molecular weight excluding hydrogens is 316 g/mol.